The van der Waals surface area contributed by atoms with Crippen molar-refractivity contribution < 1.29 is 55.0 Å². The number of amides is 3. The lowest BCUT2D eigenvalue weighted by Gasteiger charge is -2.36. The van der Waals surface area contributed by atoms with Crippen LogP contribution in [0.2, 0.25) is 0 Å². The van der Waals surface area contributed by atoms with Crippen LogP contribution in [0.25, 0.3) is 10.9 Å². The number of aryl methyl sites for hydroxylation is 1. The van der Waals surface area contributed by atoms with E-state index in [1.54, 1.807) is 17.6 Å². The summed E-state index contributed by atoms with van der Waals surface area (Å²) in [4.78, 5) is 68.0. The van der Waals surface area contributed by atoms with E-state index < -0.39 is 40.0 Å². The van der Waals surface area contributed by atoms with Crippen LogP contribution in [0.1, 0.15) is 68.9 Å². The van der Waals surface area contributed by atoms with Gasteiger partial charge in [-0.1, -0.05) is 19.1 Å². The molecule has 3 aromatic carbocycles. The third-order valence-electron chi connectivity index (χ3n) is 12.2. The second-order valence-electron chi connectivity index (χ2n) is 16.7. The summed E-state index contributed by atoms with van der Waals surface area (Å²) in [5.74, 6) is -3.74. The number of rotatable bonds is 14. The van der Waals surface area contributed by atoms with Gasteiger partial charge in [-0.25, -0.2) is 14.2 Å². The van der Waals surface area contributed by atoms with Gasteiger partial charge in [0.2, 0.25) is 17.7 Å². The van der Waals surface area contributed by atoms with Crippen LogP contribution in [-0.2, 0) is 35.9 Å². The van der Waals surface area contributed by atoms with Crippen molar-refractivity contribution in [3.63, 3.8) is 0 Å². The van der Waals surface area contributed by atoms with Gasteiger partial charge in [-0.2, -0.15) is 31.2 Å². The molecule has 0 saturated carbocycles. The number of imide groups is 1. The summed E-state index contributed by atoms with van der Waals surface area (Å²) in [5.41, 5.74) is 1.65. The summed E-state index contributed by atoms with van der Waals surface area (Å²) in [5, 5.41) is 22.8. The number of piperidine rings is 3. The molecule has 3 amide bonds. The first-order valence-electron chi connectivity index (χ1n) is 21.9. The Hall–Kier alpha value is -6.64. The van der Waals surface area contributed by atoms with E-state index in [1.807, 2.05) is 23.1 Å². The predicted octanol–water partition coefficient (Wildman–Crippen LogP) is 5.17. The van der Waals surface area contributed by atoms with Gasteiger partial charge in [0, 0.05) is 45.3 Å². The van der Waals surface area contributed by atoms with E-state index in [9.17, 15) is 46.0 Å². The molecule has 1 unspecified atom stereocenters. The average Bonchev–Trinajstić information content (AvgIpc) is 3.31. The predicted molar refractivity (Wildman–Crippen MR) is 240 cm³/mol. The smallest absolute Gasteiger partial charge is 0.475 e. The molecule has 1 atom stereocenters. The maximum atomic E-state index is 15.0. The molecule has 1 aromatic heterocycles. The summed E-state index contributed by atoms with van der Waals surface area (Å²) < 4.78 is 82.7. The van der Waals surface area contributed by atoms with Gasteiger partial charge in [0.15, 0.2) is 11.6 Å². The minimum absolute atomic E-state index is 0.0735. The first-order valence-corrected chi connectivity index (χ1v) is 23.3. The normalized spacial score (nSPS) is 17.5. The number of hydrogen-bond acceptors (Lipinski definition) is 12. The second kappa shape index (κ2) is 22.0. The number of fused-ring (bicyclic) bond motifs is 1. The number of benzene rings is 3. The Morgan fingerprint density at radius 2 is 1.68 bits per heavy atom. The molecule has 68 heavy (non-hydrogen) atoms. The van der Waals surface area contributed by atoms with Gasteiger partial charge in [-0.05, 0) is 111 Å². The maximum absolute atomic E-state index is 15.0. The fourth-order valence-corrected chi connectivity index (χ4v) is 9.05. The van der Waals surface area contributed by atoms with E-state index in [2.05, 4.69) is 37.4 Å². The Bertz CT molecular complexity index is 2720. The third kappa shape index (κ3) is 12.9. The summed E-state index contributed by atoms with van der Waals surface area (Å²) in [6, 6.07) is 16.1. The van der Waals surface area contributed by atoms with Crippen molar-refractivity contribution in [1.82, 2.24) is 29.0 Å². The SMILES string of the molecule is CCN(C)S(=O)(=O)Nc1ccc(F)c(Oc2ccc3ncn(CCC4CCN(CC(=O)N5CCC(c6ccc(NC7CCC(=O)NC7=O)cc6)CC5)CC4)c(=O)c3c2)c1C#N.O=C(O)C(F)(F)F. The zero-order chi connectivity index (χ0) is 49.3. The molecule has 0 bridgehead atoms. The Labute approximate surface area is 389 Å². The number of nitrogens with zero attached hydrogens (tertiary/aromatic N) is 6. The lowest BCUT2D eigenvalue weighted by atomic mass is 9.89. The number of aliphatic carboxylic acids is 1. The summed E-state index contributed by atoms with van der Waals surface area (Å²) >= 11 is 0. The molecule has 23 heteroatoms. The van der Waals surface area contributed by atoms with Crippen molar-refractivity contribution in [2.45, 2.75) is 76.6 Å². The van der Waals surface area contributed by atoms with E-state index >= 15 is 4.39 Å². The van der Waals surface area contributed by atoms with E-state index in [0.717, 1.165) is 67.3 Å². The van der Waals surface area contributed by atoms with Crippen LogP contribution in [0.4, 0.5) is 28.9 Å². The molecule has 4 aromatic rings. The number of halogens is 4. The molecular formula is C45H51F4N9O9S. The number of carboxylic acids is 1. The Morgan fingerprint density at radius 3 is 2.29 bits per heavy atom. The van der Waals surface area contributed by atoms with Crippen LogP contribution in [-0.4, -0.2) is 119 Å². The molecule has 0 radical (unpaired) electrons. The van der Waals surface area contributed by atoms with E-state index in [4.69, 9.17) is 14.6 Å². The van der Waals surface area contributed by atoms with Gasteiger partial charge >= 0.3 is 22.4 Å². The highest BCUT2D eigenvalue weighted by molar-refractivity contribution is 7.90. The summed E-state index contributed by atoms with van der Waals surface area (Å²) in [6.45, 7) is 5.61. The first-order chi connectivity index (χ1) is 32.3. The van der Waals surface area contributed by atoms with Crippen LogP contribution in [0.5, 0.6) is 11.5 Å². The first kappa shape index (κ1) is 50.8. The van der Waals surface area contributed by atoms with Crippen LogP contribution >= 0.6 is 0 Å². The number of nitriles is 1. The van der Waals surface area contributed by atoms with Crippen LogP contribution in [0, 0.1) is 23.1 Å². The number of alkyl halides is 3. The minimum atomic E-state index is -5.08. The number of aromatic nitrogens is 2. The van der Waals surface area contributed by atoms with Crippen molar-refractivity contribution in [2.75, 3.05) is 56.4 Å². The quantitative estimate of drug-likeness (QED) is 0.0945. The van der Waals surface area contributed by atoms with Crippen LogP contribution in [0.15, 0.2) is 65.7 Å². The highest BCUT2D eigenvalue weighted by Crippen LogP contribution is 2.35. The van der Waals surface area contributed by atoms with Crippen molar-refractivity contribution >= 4 is 56.2 Å². The standard InChI is InChI=1S/C43H50FN9O7S.C2HF3O2/c1-3-50(2)61(58,59)49-37-11-9-35(44)41(34(37)25-45)60-32-8-10-36-33(24-32)43(57)53(27-46-36)21-16-28-14-19-51(20-15-28)26-40(55)52-22-17-30(18-23-52)29-4-6-31(7-5-29)47-38-12-13-39(54)48-42(38)56;3-2(4,5)1(6)7/h4-11,24,27-28,30,38,47,49H,3,12-23,26H2,1-2H3,(H,48,54,56);(H,6,7). The van der Waals surface area contributed by atoms with Gasteiger partial charge in [0.1, 0.15) is 23.4 Å². The monoisotopic (exact) mass is 969 g/mol. The molecule has 4 N–H and O–H groups in total. The lowest BCUT2D eigenvalue weighted by Crippen LogP contribution is -2.47. The lowest BCUT2D eigenvalue weighted by molar-refractivity contribution is -0.192. The second-order valence-corrected chi connectivity index (χ2v) is 18.5. The summed E-state index contributed by atoms with van der Waals surface area (Å²) in [6.07, 6.45) is 1.52. The number of carbonyl (C=O) groups is 4. The number of ether oxygens (including phenoxy) is 1. The fourth-order valence-electron chi connectivity index (χ4n) is 8.11. The van der Waals surface area contributed by atoms with Gasteiger partial charge < -0.3 is 20.1 Å². The zero-order valence-corrected chi connectivity index (χ0v) is 38.0. The van der Waals surface area contributed by atoms with Crippen molar-refractivity contribution in [1.29, 1.82) is 5.26 Å². The molecule has 0 aliphatic carbocycles. The number of carbonyl (C=O) groups excluding carboxylic acids is 3. The highest BCUT2D eigenvalue weighted by Gasteiger charge is 2.38. The van der Waals surface area contributed by atoms with Crippen molar-refractivity contribution in [2.24, 2.45) is 5.92 Å². The number of hydrogen-bond donors (Lipinski definition) is 4. The molecule has 3 aliphatic heterocycles. The Kier molecular flexibility index (Phi) is 16.4. The molecular weight excluding hydrogens is 919 g/mol. The Morgan fingerprint density at radius 1 is 1.00 bits per heavy atom. The van der Waals surface area contributed by atoms with Crippen LogP contribution < -0.4 is 25.7 Å². The number of likely N-dealkylation sites (tertiary alicyclic amines) is 2. The maximum Gasteiger partial charge on any atom is 0.490 e. The molecule has 4 heterocycles. The molecule has 3 fully saturated rings. The fraction of sp³-hybridized carbons (Fsp3) is 0.444. The molecule has 18 nitrogen and oxygen atoms in total. The number of carboxylic acid groups (broad SMARTS) is 1. The topological polar surface area (TPSA) is 236 Å². The largest absolute Gasteiger partial charge is 0.490 e. The zero-order valence-electron chi connectivity index (χ0n) is 37.2. The van der Waals surface area contributed by atoms with Crippen molar-refractivity contribution in [3.8, 4) is 17.6 Å². The number of anilines is 2. The van der Waals surface area contributed by atoms with E-state index in [-0.39, 0.29) is 52.2 Å². The van der Waals surface area contributed by atoms with Gasteiger partial charge in [-0.15, -0.1) is 0 Å². The number of nitrogens with one attached hydrogen (secondary N) is 3. The molecule has 0 spiro atoms. The molecule has 3 aliphatic rings. The van der Waals surface area contributed by atoms with E-state index in [1.165, 1.54) is 31.1 Å². The highest BCUT2D eigenvalue weighted by atomic mass is 32.2. The third-order valence-corrected chi connectivity index (χ3v) is 13.8. The summed E-state index contributed by atoms with van der Waals surface area (Å²) in [7, 11) is -2.64. The molecule has 364 valence electrons. The Balaban J connectivity index is 0.00000101. The van der Waals surface area contributed by atoms with Gasteiger partial charge in [0.25, 0.3) is 5.56 Å². The van der Waals surface area contributed by atoms with Gasteiger partial charge in [0.05, 0.1) is 29.5 Å². The molecule has 7 rings (SSSR count). The average molecular weight is 970 g/mol. The minimum Gasteiger partial charge on any atom is -0.475 e. The van der Waals surface area contributed by atoms with Crippen LogP contribution in [0.3, 0.4) is 0 Å². The van der Waals surface area contributed by atoms with Crippen molar-refractivity contribution in [3.05, 3.63) is 88.2 Å². The van der Waals surface area contributed by atoms with E-state index in [0.29, 0.717) is 56.4 Å². The van der Waals surface area contributed by atoms with Gasteiger partial charge in [-0.3, -0.25) is 38.7 Å². The molecule has 3 saturated heterocycles.